The molecule has 1 fully saturated rings. The fourth-order valence-electron chi connectivity index (χ4n) is 4.04. The average Bonchev–Trinajstić information content (AvgIpc) is 2.76. The van der Waals surface area contributed by atoms with E-state index >= 15 is 0 Å². The van der Waals surface area contributed by atoms with Crippen molar-refractivity contribution in [3.8, 4) is 11.5 Å². The van der Waals surface area contributed by atoms with Crippen molar-refractivity contribution in [1.29, 1.82) is 0 Å². The van der Waals surface area contributed by atoms with Crippen LogP contribution in [0.4, 0.5) is 0 Å². The zero-order valence-electron chi connectivity index (χ0n) is 17.0. The maximum atomic E-state index is 13.0. The molecule has 2 aromatic rings. The number of phenols is 1. The number of phenolic OH excluding ortho intramolecular Hbond substituents is 1. The molecule has 1 heterocycles. The number of quaternary nitrogens is 1. The smallest absolute Gasteiger partial charge is 0.226 e. The van der Waals surface area contributed by atoms with Crippen LogP contribution in [-0.2, 0) is 17.9 Å². The summed E-state index contributed by atoms with van der Waals surface area (Å²) in [7, 11) is 1.55. The molecule has 0 bridgehead atoms. The standard InChI is InChI=1S/C23H30N2O4/c1-29-21-9-5-8-20(22(21)27)17-24-12-10-19(11-13-24)23(28)25(14-15-26)16-18-6-3-2-4-7-18/h2-9,19,26-27H,10-17H2,1H3/p+1. The highest BCUT2D eigenvalue weighted by molar-refractivity contribution is 5.79. The number of hydrogen-bond donors (Lipinski definition) is 3. The Balaban J connectivity index is 1.56. The van der Waals surface area contributed by atoms with Gasteiger partial charge in [-0.15, -0.1) is 0 Å². The van der Waals surface area contributed by atoms with Crippen LogP contribution in [0.25, 0.3) is 0 Å². The molecule has 1 aliphatic rings. The third-order valence-corrected chi connectivity index (χ3v) is 5.68. The number of carbonyl (C=O) groups is 1. The molecule has 6 nitrogen and oxygen atoms in total. The summed E-state index contributed by atoms with van der Waals surface area (Å²) in [4.78, 5) is 16.2. The van der Waals surface area contributed by atoms with E-state index in [4.69, 9.17) is 4.74 Å². The normalized spacial score (nSPS) is 19.0. The lowest BCUT2D eigenvalue weighted by molar-refractivity contribution is -0.919. The topological polar surface area (TPSA) is 74.4 Å². The largest absolute Gasteiger partial charge is 0.504 e. The molecule has 0 unspecified atom stereocenters. The number of methoxy groups -OCH3 is 1. The number of likely N-dealkylation sites (tertiary alicyclic amines) is 1. The van der Waals surface area contributed by atoms with Crippen LogP contribution in [0.2, 0.25) is 0 Å². The van der Waals surface area contributed by atoms with Crippen LogP contribution < -0.4 is 9.64 Å². The highest BCUT2D eigenvalue weighted by Crippen LogP contribution is 2.28. The van der Waals surface area contributed by atoms with Gasteiger partial charge in [0.2, 0.25) is 5.91 Å². The van der Waals surface area contributed by atoms with Crippen LogP contribution >= 0.6 is 0 Å². The van der Waals surface area contributed by atoms with Crippen molar-refractivity contribution in [2.75, 3.05) is 33.4 Å². The molecule has 0 saturated carbocycles. The van der Waals surface area contributed by atoms with E-state index in [1.165, 1.54) is 4.90 Å². The summed E-state index contributed by atoms with van der Waals surface area (Å²) in [5, 5.41) is 19.7. The van der Waals surface area contributed by atoms with Crippen molar-refractivity contribution >= 4 is 5.91 Å². The quantitative estimate of drug-likeness (QED) is 0.624. The number of nitrogens with one attached hydrogen (secondary N) is 1. The summed E-state index contributed by atoms with van der Waals surface area (Å²) < 4.78 is 5.19. The summed E-state index contributed by atoms with van der Waals surface area (Å²) in [5.74, 6) is 0.823. The molecule has 1 amide bonds. The maximum Gasteiger partial charge on any atom is 0.226 e. The van der Waals surface area contributed by atoms with Gasteiger partial charge >= 0.3 is 0 Å². The summed E-state index contributed by atoms with van der Waals surface area (Å²) in [6.45, 7) is 3.34. The summed E-state index contributed by atoms with van der Waals surface area (Å²) in [6, 6.07) is 15.5. The third kappa shape index (κ3) is 5.49. The molecular weight excluding hydrogens is 368 g/mol. The Labute approximate surface area is 172 Å². The zero-order chi connectivity index (χ0) is 20.6. The van der Waals surface area contributed by atoms with E-state index in [-0.39, 0.29) is 24.2 Å². The second-order valence-corrected chi connectivity index (χ2v) is 7.64. The van der Waals surface area contributed by atoms with Gasteiger partial charge < -0.3 is 24.7 Å². The summed E-state index contributed by atoms with van der Waals surface area (Å²) >= 11 is 0. The van der Waals surface area contributed by atoms with Gasteiger partial charge in [0.05, 0.1) is 32.4 Å². The van der Waals surface area contributed by atoms with Crippen LogP contribution in [0.1, 0.15) is 24.0 Å². The van der Waals surface area contributed by atoms with Gasteiger partial charge in [0.15, 0.2) is 11.5 Å². The lowest BCUT2D eigenvalue weighted by Crippen LogP contribution is -3.11. The van der Waals surface area contributed by atoms with E-state index in [0.717, 1.165) is 37.1 Å². The minimum atomic E-state index is -0.0300. The van der Waals surface area contributed by atoms with E-state index in [2.05, 4.69) is 0 Å². The highest BCUT2D eigenvalue weighted by atomic mass is 16.5. The van der Waals surface area contributed by atoms with E-state index in [1.807, 2.05) is 42.5 Å². The Hall–Kier alpha value is -2.57. The Morgan fingerprint density at radius 1 is 1.14 bits per heavy atom. The van der Waals surface area contributed by atoms with E-state index < -0.39 is 0 Å². The van der Waals surface area contributed by atoms with Crippen molar-refractivity contribution in [2.24, 2.45) is 5.92 Å². The number of hydrogen-bond acceptors (Lipinski definition) is 4. The number of piperidine rings is 1. The van der Waals surface area contributed by atoms with Crippen molar-refractivity contribution < 1.29 is 24.6 Å². The number of para-hydroxylation sites is 1. The lowest BCUT2D eigenvalue weighted by atomic mass is 9.94. The summed E-state index contributed by atoms with van der Waals surface area (Å²) in [6.07, 6.45) is 1.63. The highest BCUT2D eigenvalue weighted by Gasteiger charge is 2.31. The molecule has 3 rings (SSSR count). The number of rotatable bonds is 8. The first-order chi connectivity index (χ1) is 14.1. The number of aromatic hydroxyl groups is 1. The molecule has 0 atom stereocenters. The molecular formula is C23H31N2O4+. The predicted molar refractivity (Wildman–Crippen MR) is 111 cm³/mol. The van der Waals surface area contributed by atoms with Crippen molar-refractivity contribution in [3.63, 3.8) is 0 Å². The molecule has 29 heavy (non-hydrogen) atoms. The number of aliphatic hydroxyl groups excluding tert-OH is 1. The Morgan fingerprint density at radius 2 is 1.86 bits per heavy atom. The van der Waals surface area contributed by atoms with Gasteiger partial charge in [-0.05, 0) is 17.7 Å². The van der Waals surface area contributed by atoms with Gasteiger partial charge in [-0.25, -0.2) is 0 Å². The first-order valence-electron chi connectivity index (χ1n) is 10.2. The maximum absolute atomic E-state index is 13.0. The van der Waals surface area contributed by atoms with Gasteiger partial charge in [-0.3, -0.25) is 4.79 Å². The molecule has 1 saturated heterocycles. The Bertz CT molecular complexity index is 789. The van der Waals surface area contributed by atoms with Crippen LogP contribution in [0.3, 0.4) is 0 Å². The number of aliphatic hydroxyl groups is 1. The lowest BCUT2D eigenvalue weighted by Gasteiger charge is -2.32. The van der Waals surface area contributed by atoms with Crippen LogP contribution in [0, 0.1) is 5.92 Å². The third-order valence-electron chi connectivity index (χ3n) is 5.68. The van der Waals surface area contributed by atoms with Crippen molar-refractivity contribution in [3.05, 3.63) is 59.7 Å². The Morgan fingerprint density at radius 3 is 2.52 bits per heavy atom. The van der Waals surface area contributed by atoms with Gasteiger partial charge in [0.25, 0.3) is 0 Å². The van der Waals surface area contributed by atoms with E-state index in [9.17, 15) is 15.0 Å². The molecule has 6 heteroatoms. The Kier molecular flexibility index (Phi) is 7.49. The van der Waals surface area contributed by atoms with Crippen LogP contribution in [-0.4, -0.2) is 54.4 Å². The average molecular weight is 400 g/mol. The SMILES string of the molecule is COc1cccc(C[NH+]2CCC(C(=O)N(CCO)Cc3ccccc3)CC2)c1O. The molecule has 156 valence electrons. The number of amides is 1. The molecule has 0 radical (unpaired) electrons. The minimum Gasteiger partial charge on any atom is -0.504 e. The molecule has 0 aliphatic carbocycles. The van der Waals surface area contributed by atoms with E-state index in [1.54, 1.807) is 18.1 Å². The van der Waals surface area contributed by atoms with E-state index in [0.29, 0.717) is 25.4 Å². The second-order valence-electron chi connectivity index (χ2n) is 7.64. The fraction of sp³-hybridized carbons (Fsp3) is 0.435. The first kappa shape index (κ1) is 21.1. The molecule has 0 spiro atoms. The number of ether oxygens (including phenoxy) is 1. The fourth-order valence-corrected chi connectivity index (χ4v) is 4.04. The minimum absolute atomic E-state index is 0.00656. The first-order valence-corrected chi connectivity index (χ1v) is 10.2. The van der Waals surface area contributed by atoms with Crippen molar-refractivity contribution in [1.82, 2.24) is 4.90 Å². The molecule has 0 aromatic heterocycles. The number of nitrogens with zero attached hydrogens (tertiary/aromatic N) is 1. The zero-order valence-corrected chi connectivity index (χ0v) is 17.0. The molecule has 3 N–H and O–H groups in total. The molecule has 1 aliphatic heterocycles. The van der Waals surface area contributed by atoms with Crippen LogP contribution in [0.15, 0.2) is 48.5 Å². The number of benzene rings is 2. The van der Waals surface area contributed by atoms with Gasteiger partial charge in [0, 0.05) is 31.8 Å². The van der Waals surface area contributed by atoms with Crippen molar-refractivity contribution in [2.45, 2.75) is 25.9 Å². The number of carbonyl (C=O) groups excluding carboxylic acids is 1. The van der Waals surface area contributed by atoms with Gasteiger partial charge in [-0.1, -0.05) is 36.4 Å². The van der Waals surface area contributed by atoms with Crippen LogP contribution in [0.5, 0.6) is 11.5 Å². The molecule has 2 aromatic carbocycles. The summed E-state index contributed by atoms with van der Waals surface area (Å²) in [5.41, 5.74) is 1.95. The monoisotopic (exact) mass is 399 g/mol. The van der Waals surface area contributed by atoms with Gasteiger partial charge in [-0.2, -0.15) is 0 Å². The van der Waals surface area contributed by atoms with Gasteiger partial charge in [0.1, 0.15) is 6.54 Å². The second kappa shape index (κ2) is 10.3. The predicted octanol–water partition coefficient (Wildman–Crippen LogP) is 1.22.